The smallest absolute Gasteiger partial charge is 0.374 e. The van der Waals surface area contributed by atoms with E-state index in [-0.39, 0.29) is 6.54 Å². The molecule has 0 saturated heterocycles. The van der Waals surface area contributed by atoms with E-state index < -0.39 is 30.1 Å². The van der Waals surface area contributed by atoms with Gasteiger partial charge in [0.05, 0.1) is 0 Å². The van der Waals surface area contributed by atoms with Crippen molar-refractivity contribution in [2.75, 3.05) is 26.7 Å². The number of nitrogens with one attached hydrogen (secondary N) is 2. The fourth-order valence-electron chi connectivity index (χ4n) is 3.80. The van der Waals surface area contributed by atoms with Crippen molar-refractivity contribution in [3.8, 4) is 0 Å². The lowest BCUT2D eigenvalue weighted by molar-refractivity contribution is -0.272. The Morgan fingerprint density at radius 3 is 2.52 bits per heavy atom. The molecule has 29 heavy (non-hydrogen) atoms. The highest BCUT2D eigenvalue weighted by molar-refractivity contribution is 5.73. The molecule has 1 saturated carbocycles. The van der Waals surface area contributed by atoms with E-state index in [1.54, 1.807) is 0 Å². The third-order valence-corrected chi connectivity index (χ3v) is 5.60. The number of alkyl halides is 3. The molecule has 0 spiro atoms. The Balaban J connectivity index is 1.70. The van der Waals surface area contributed by atoms with Crippen molar-refractivity contribution in [3.63, 3.8) is 0 Å². The second-order valence-corrected chi connectivity index (χ2v) is 7.78. The van der Waals surface area contributed by atoms with Crippen LogP contribution in [-0.4, -0.2) is 64.5 Å². The van der Waals surface area contributed by atoms with Gasteiger partial charge in [0.15, 0.2) is 0 Å². The minimum Gasteiger partial charge on any atom is -0.374 e. The Morgan fingerprint density at radius 1 is 1.28 bits per heavy atom. The number of aryl methyl sites for hydroxylation is 1. The van der Waals surface area contributed by atoms with Crippen molar-refractivity contribution in [2.24, 2.45) is 7.05 Å². The summed E-state index contributed by atoms with van der Waals surface area (Å²) in [4.78, 5) is 17.8. The highest BCUT2D eigenvalue weighted by Crippen LogP contribution is 2.40. The molecule has 1 atom stereocenters. The molecule has 2 rings (SSSR count). The van der Waals surface area contributed by atoms with Crippen LogP contribution in [0.5, 0.6) is 0 Å². The van der Waals surface area contributed by atoms with Crippen LogP contribution in [0.25, 0.3) is 0 Å². The summed E-state index contributed by atoms with van der Waals surface area (Å²) in [6, 6.07) is 0.0541. The number of carbonyl (C=O) groups is 1. The lowest BCUT2D eigenvalue weighted by Crippen LogP contribution is -2.47. The summed E-state index contributed by atoms with van der Waals surface area (Å²) in [5.74, 6) is -0.502. The number of hydrogen-bond donors (Lipinski definition) is 3. The second kappa shape index (κ2) is 10.3. The van der Waals surface area contributed by atoms with Crippen LogP contribution >= 0.6 is 0 Å². The predicted octanol–water partition coefficient (Wildman–Crippen LogP) is 2.51. The van der Waals surface area contributed by atoms with Gasteiger partial charge in [-0.25, -0.2) is 9.78 Å². The zero-order valence-electron chi connectivity index (χ0n) is 17.1. The zero-order valence-corrected chi connectivity index (χ0v) is 17.1. The van der Waals surface area contributed by atoms with Gasteiger partial charge in [0.1, 0.15) is 5.82 Å². The van der Waals surface area contributed by atoms with Crippen molar-refractivity contribution in [3.05, 3.63) is 18.2 Å². The number of nitrogens with zero attached hydrogens (tertiary/aromatic N) is 3. The summed E-state index contributed by atoms with van der Waals surface area (Å²) >= 11 is 0. The second-order valence-electron chi connectivity index (χ2n) is 7.78. The minimum atomic E-state index is -4.91. The number of urea groups is 1. The summed E-state index contributed by atoms with van der Waals surface area (Å²) in [6.45, 7) is 0.959. The molecule has 7 nitrogen and oxygen atoms in total. The van der Waals surface area contributed by atoms with Crippen molar-refractivity contribution >= 4 is 6.03 Å². The number of carbonyl (C=O) groups excluding carboxylic acids is 1. The van der Waals surface area contributed by atoms with Crippen LogP contribution in [0.4, 0.5) is 18.0 Å². The van der Waals surface area contributed by atoms with Gasteiger partial charge in [0.25, 0.3) is 0 Å². The molecule has 1 aromatic heterocycles. The number of aromatic nitrogens is 2. The highest BCUT2D eigenvalue weighted by atomic mass is 19.4. The van der Waals surface area contributed by atoms with Crippen molar-refractivity contribution in [2.45, 2.75) is 62.8 Å². The van der Waals surface area contributed by atoms with Crippen LogP contribution < -0.4 is 10.6 Å². The fraction of sp³-hybridized carbons (Fsp3) is 0.789. The average molecular weight is 419 g/mol. The van der Waals surface area contributed by atoms with Crippen LogP contribution in [0.2, 0.25) is 0 Å². The Labute approximate surface area is 169 Å². The Morgan fingerprint density at radius 2 is 1.93 bits per heavy atom. The number of imidazole rings is 1. The van der Waals surface area contributed by atoms with E-state index in [1.807, 2.05) is 0 Å². The quantitative estimate of drug-likeness (QED) is 0.537. The molecule has 1 unspecified atom stereocenters. The molecule has 1 aliphatic rings. The van der Waals surface area contributed by atoms with Crippen LogP contribution in [0.3, 0.4) is 0 Å². The molecule has 3 N–H and O–H groups in total. The van der Waals surface area contributed by atoms with Crippen LogP contribution in [0.1, 0.15) is 50.8 Å². The maximum Gasteiger partial charge on any atom is 0.424 e. The third-order valence-electron chi connectivity index (χ3n) is 5.60. The Bertz CT molecular complexity index is 646. The molecule has 0 radical (unpaired) electrons. The summed E-state index contributed by atoms with van der Waals surface area (Å²) in [7, 11) is 3.47. The van der Waals surface area contributed by atoms with E-state index in [0.29, 0.717) is 12.6 Å². The van der Waals surface area contributed by atoms with Gasteiger partial charge in [-0.2, -0.15) is 13.2 Å². The minimum absolute atomic E-state index is 0.337. The van der Waals surface area contributed by atoms with E-state index in [9.17, 15) is 23.1 Å². The molecule has 1 aromatic rings. The maximum absolute atomic E-state index is 13.4. The number of hydrogen-bond acceptors (Lipinski definition) is 4. The SMILES string of the molecule is CN(CCCNC(=O)NCCC(O)(c1nccn1C)C(F)(F)F)C1CCCCC1. The van der Waals surface area contributed by atoms with Crippen LogP contribution in [0, 0.1) is 0 Å². The molecule has 166 valence electrons. The Hall–Kier alpha value is -1.81. The standard InChI is InChI=1S/C19H32F3N5O2/c1-26(15-7-4-3-5-8-15)13-6-10-24-17(28)25-11-9-18(29,19(20,21)22)16-23-12-14-27(16)2/h12,14-15,29H,3-11,13H2,1-2H3,(H2,24,25,28). The molecule has 0 aliphatic heterocycles. The number of amides is 2. The van der Waals surface area contributed by atoms with Gasteiger partial charge in [0, 0.05) is 45.0 Å². The van der Waals surface area contributed by atoms with Gasteiger partial charge in [0.2, 0.25) is 5.60 Å². The van der Waals surface area contributed by atoms with Crippen LogP contribution in [-0.2, 0) is 12.6 Å². The first-order valence-corrected chi connectivity index (χ1v) is 10.1. The largest absolute Gasteiger partial charge is 0.424 e. The fourth-order valence-corrected chi connectivity index (χ4v) is 3.80. The summed E-state index contributed by atoms with van der Waals surface area (Å²) in [5.41, 5.74) is -3.12. The molecule has 1 aliphatic carbocycles. The van der Waals surface area contributed by atoms with Gasteiger partial charge in [-0.15, -0.1) is 0 Å². The number of rotatable bonds is 9. The monoisotopic (exact) mass is 419 g/mol. The van der Waals surface area contributed by atoms with Gasteiger partial charge >= 0.3 is 12.2 Å². The molecule has 10 heteroatoms. The van der Waals surface area contributed by atoms with E-state index in [0.717, 1.165) is 17.5 Å². The third kappa shape index (κ3) is 6.33. The normalized spacial score (nSPS) is 17.9. The molecule has 1 heterocycles. The molecule has 0 aromatic carbocycles. The number of aliphatic hydroxyl groups is 1. The van der Waals surface area contributed by atoms with Gasteiger partial charge in [-0.1, -0.05) is 19.3 Å². The average Bonchev–Trinajstić information content (AvgIpc) is 3.11. The van der Waals surface area contributed by atoms with E-state index in [1.165, 1.54) is 51.5 Å². The van der Waals surface area contributed by atoms with Crippen LogP contribution in [0.15, 0.2) is 12.4 Å². The first kappa shape index (κ1) is 23.5. The summed E-state index contributed by atoms with van der Waals surface area (Å²) < 4.78 is 41.4. The molecule has 1 fully saturated rings. The van der Waals surface area contributed by atoms with Crippen molar-refractivity contribution < 1.29 is 23.1 Å². The molecule has 0 bridgehead atoms. The first-order valence-electron chi connectivity index (χ1n) is 10.1. The van der Waals surface area contributed by atoms with Gasteiger partial charge in [-0.3, -0.25) is 0 Å². The lowest BCUT2D eigenvalue weighted by Gasteiger charge is -2.31. The lowest BCUT2D eigenvalue weighted by atomic mass is 9.94. The number of halogens is 3. The molecular formula is C19H32F3N5O2. The Kier molecular flexibility index (Phi) is 8.33. The van der Waals surface area contributed by atoms with Crippen molar-refractivity contribution in [1.82, 2.24) is 25.1 Å². The predicted molar refractivity (Wildman–Crippen MR) is 103 cm³/mol. The van der Waals surface area contributed by atoms with Crippen molar-refractivity contribution in [1.29, 1.82) is 0 Å². The van der Waals surface area contributed by atoms with E-state index in [4.69, 9.17) is 0 Å². The zero-order chi connectivity index (χ0) is 21.5. The van der Waals surface area contributed by atoms with E-state index >= 15 is 0 Å². The molecular weight excluding hydrogens is 387 g/mol. The summed E-state index contributed by atoms with van der Waals surface area (Å²) in [6.07, 6.45) is 3.90. The first-order chi connectivity index (χ1) is 13.6. The highest BCUT2D eigenvalue weighted by Gasteiger charge is 2.57. The summed E-state index contributed by atoms with van der Waals surface area (Å²) in [5, 5.41) is 15.2. The van der Waals surface area contributed by atoms with E-state index in [2.05, 4.69) is 27.6 Å². The maximum atomic E-state index is 13.4. The molecule has 2 amide bonds. The topological polar surface area (TPSA) is 82.4 Å². The van der Waals surface area contributed by atoms with Gasteiger partial charge in [-0.05, 0) is 32.9 Å². The van der Waals surface area contributed by atoms with Gasteiger partial charge < -0.3 is 25.2 Å².